The van der Waals surface area contributed by atoms with Crippen LogP contribution in [0.2, 0.25) is 0 Å². The summed E-state index contributed by atoms with van der Waals surface area (Å²) in [6.07, 6.45) is 6.27. The van der Waals surface area contributed by atoms with Gasteiger partial charge < -0.3 is 18.9 Å². The van der Waals surface area contributed by atoms with Gasteiger partial charge in [-0.15, -0.1) is 0 Å². The molecule has 6 heteroatoms. The van der Waals surface area contributed by atoms with E-state index in [0.29, 0.717) is 5.92 Å². The Morgan fingerprint density at radius 1 is 0.750 bits per heavy atom. The van der Waals surface area contributed by atoms with E-state index in [9.17, 15) is 0 Å². The standard InChI is InChI=1S/C30H34N2O4/c1-20(2)21-8-12-24(13-9-21)32-28(27-16-15-26(34-4)19-30(27)36-6)17-23(31-32)11-7-22-10-14-25(33-3)18-29(22)35-5/h7-20,28,31H,1-6H3. The second-order valence-corrected chi connectivity index (χ2v) is 8.84. The first-order valence-corrected chi connectivity index (χ1v) is 12.0. The van der Waals surface area contributed by atoms with Crippen molar-refractivity contribution in [1.82, 2.24) is 5.43 Å². The van der Waals surface area contributed by atoms with E-state index >= 15 is 0 Å². The summed E-state index contributed by atoms with van der Waals surface area (Å²) in [4.78, 5) is 0. The molecule has 0 saturated carbocycles. The van der Waals surface area contributed by atoms with Crippen LogP contribution < -0.4 is 29.4 Å². The van der Waals surface area contributed by atoms with Crippen molar-refractivity contribution in [2.75, 3.05) is 33.4 Å². The highest BCUT2D eigenvalue weighted by atomic mass is 16.5. The minimum Gasteiger partial charge on any atom is -0.497 e. The highest BCUT2D eigenvalue weighted by Crippen LogP contribution is 2.39. The predicted octanol–water partition coefficient (Wildman–Crippen LogP) is 6.51. The molecule has 0 saturated heterocycles. The van der Waals surface area contributed by atoms with Gasteiger partial charge in [0.05, 0.1) is 45.9 Å². The van der Waals surface area contributed by atoms with Gasteiger partial charge in [0.25, 0.3) is 0 Å². The summed E-state index contributed by atoms with van der Waals surface area (Å²) in [5.74, 6) is 3.50. The quantitative estimate of drug-likeness (QED) is 0.372. The van der Waals surface area contributed by atoms with Crippen molar-refractivity contribution in [3.8, 4) is 23.0 Å². The molecule has 0 bridgehead atoms. The van der Waals surface area contributed by atoms with Gasteiger partial charge in [0, 0.05) is 23.3 Å². The van der Waals surface area contributed by atoms with Crippen LogP contribution in [0.25, 0.3) is 6.08 Å². The molecule has 1 unspecified atom stereocenters. The van der Waals surface area contributed by atoms with E-state index in [1.807, 2.05) is 36.4 Å². The largest absolute Gasteiger partial charge is 0.497 e. The Morgan fingerprint density at radius 2 is 1.39 bits per heavy atom. The zero-order valence-electron chi connectivity index (χ0n) is 21.7. The predicted molar refractivity (Wildman–Crippen MR) is 145 cm³/mol. The lowest BCUT2D eigenvalue weighted by molar-refractivity contribution is 0.389. The Morgan fingerprint density at radius 3 is 2.00 bits per heavy atom. The van der Waals surface area contributed by atoms with Crippen LogP contribution in [-0.2, 0) is 0 Å². The molecule has 1 atom stereocenters. The molecule has 0 aromatic heterocycles. The molecule has 1 aliphatic rings. The van der Waals surface area contributed by atoms with Crippen LogP contribution in [0.15, 0.2) is 78.5 Å². The van der Waals surface area contributed by atoms with Gasteiger partial charge in [-0.1, -0.05) is 26.0 Å². The fraction of sp³-hybridized carbons (Fsp3) is 0.267. The lowest BCUT2D eigenvalue weighted by atomic mass is 10.0. The molecule has 6 nitrogen and oxygen atoms in total. The molecule has 0 aliphatic carbocycles. The van der Waals surface area contributed by atoms with Gasteiger partial charge in [-0.25, -0.2) is 0 Å². The number of nitrogens with one attached hydrogen (secondary N) is 1. The van der Waals surface area contributed by atoms with Crippen molar-refractivity contribution in [3.05, 3.63) is 95.2 Å². The average molecular weight is 487 g/mol. The molecule has 0 spiro atoms. The van der Waals surface area contributed by atoms with Crippen LogP contribution in [0.1, 0.15) is 42.5 Å². The monoisotopic (exact) mass is 486 g/mol. The van der Waals surface area contributed by atoms with Crippen molar-refractivity contribution in [1.29, 1.82) is 0 Å². The van der Waals surface area contributed by atoms with Crippen LogP contribution in [0.3, 0.4) is 0 Å². The van der Waals surface area contributed by atoms with E-state index in [1.54, 1.807) is 28.4 Å². The number of benzene rings is 3. The van der Waals surface area contributed by atoms with Gasteiger partial charge in [0.15, 0.2) is 0 Å². The fourth-order valence-electron chi connectivity index (χ4n) is 4.26. The van der Waals surface area contributed by atoms with Crippen molar-refractivity contribution in [3.63, 3.8) is 0 Å². The summed E-state index contributed by atoms with van der Waals surface area (Å²) in [5, 5.41) is 2.15. The summed E-state index contributed by atoms with van der Waals surface area (Å²) < 4.78 is 22.0. The van der Waals surface area contributed by atoms with Gasteiger partial charge in [-0.05, 0) is 66.1 Å². The molecule has 1 heterocycles. The maximum atomic E-state index is 5.74. The van der Waals surface area contributed by atoms with E-state index in [0.717, 1.165) is 45.5 Å². The third-order valence-electron chi connectivity index (χ3n) is 6.35. The van der Waals surface area contributed by atoms with Gasteiger partial charge in [-0.3, -0.25) is 10.4 Å². The summed E-state index contributed by atoms with van der Waals surface area (Å²) in [6, 6.07) is 20.3. The summed E-state index contributed by atoms with van der Waals surface area (Å²) >= 11 is 0. The lowest BCUT2D eigenvalue weighted by Crippen LogP contribution is -2.34. The molecule has 1 N–H and O–H groups in total. The normalized spacial score (nSPS) is 15.1. The third-order valence-corrected chi connectivity index (χ3v) is 6.35. The first-order chi connectivity index (χ1) is 17.5. The molecule has 188 valence electrons. The number of ether oxygens (including phenoxy) is 4. The van der Waals surface area contributed by atoms with Crippen molar-refractivity contribution in [2.45, 2.75) is 25.8 Å². The number of hydrogen-bond acceptors (Lipinski definition) is 6. The second-order valence-electron chi connectivity index (χ2n) is 8.84. The molecule has 0 radical (unpaired) electrons. The number of methoxy groups -OCH3 is 4. The first kappa shape index (κ1) is 25.0. The number of nitrogens with zero attached hydrogens (tertiary/aromatic N) is 1. The SMILES string of the molecule is COc1ccc(C=CC2=CC(c3ccc(OC)cc3OC)N(c3ccc(C(C)C)cc3)N2)c(OC)c1. The first-order valence-electron chi connectivity index (χ1n) is 12.0. The molecule has 1 aliphatic heterocycles. The Labute approximate surface area is 213 Å². The molecule has 4 rings (SSSR count). The Balaban J connectivity index is 1.71. The number of hydrazine groups is 1. The molecule has 36 heavy (non-hydrogen) atoms. The van der Waals surface area contributed by atoms with E-state index in [1.165, 1.54) is 5.56 Å². The van der Waals surface area contributed by atoms with Gasteiger partial charge >= 0.3 is 0 Å². The van der Waals surface area contributed by atoms with Crippen molar-refractivity contribution < 1.29 is 18.9 Å². The van der Waals surface area contributed by atoms with Crippen LogP contribution >= 0.6 is 0 Å². The molecule has 0 fully saturated rings. The third kappa shape index (κ3) is 5.28. The summed E-state index contributed by atoms with van der Waals surface area (Å²) in [7, 11) is 6.65. The highest BCUT2D eigenvalue weighted by molar-refractivity contribution is 5.63. The Bertz CT molecular complexity index is 1250. The molecular formula is C30H34N2O4. The maximum absolute atomic E-state index is 5.74. The van der Waals surface area contributed by atoms with Crippen LogP contribution in [0.5, 0.6) is 23.0 Å². The molecule has 0 amide bonds. The fourth-order valence-corrected chi connectivity index (χ4v) is 4.26. The summed E-state index contributed by atoms with van der Waals surface area (Å²) in [6.45, 7) is 4.40. The van der Waals surface area contributed by atoms with E-state index in [2.05, 4.69) is 66.8 Å². The average Bonchev–Trinajstić information content (AvgIpc) is 3.35. The Hall–Kier alpha value is -4.06. The van der Waals surface area contributed by atoms with Gasteiger partial charge in [-0.2, -0.15) is 0 Å². The molecule has 3 aromatic carbocycles. The smallest absolute Gasteiger partial charge is 0.129 e. The topological polar surface area (TPSA) is 52.2 Å². The number of rotatable bonds is 9. The van der Waals surface area contributed by atoms with Crippen LogP contribution in [0, 0.1) is 0 Å². The van der Waals surface area contributed by atoms with E-state index in [4.69, 9.17) is 18.9 Å². The lowest BCUT2D eigenvalue weighted by Gasteiger charge is -2.28. The van der Waals surface area contributed by atoms with Crippen molar-refractivity contribution in [2.24, 2.45) is 0 Å². The molecular weight excluding hydrogens is 452 g/mol. The van der Waals surface area contributed by atoms with E-state index in [-0.39, 0.29) is 6.04 Å². The van der Waals surface area contributed by atoms with Crippen molar-refractivity contribution >= 4 is 11.8 Å². The van der Waals surface area contributed by atoms with Crippen LogP contribution in [0.4, 0.5) is 5.69 Å². The Kier molecular flexibility index (Phi) is 7.74. The maximum Gasteiger partial charge on any atom is 0.129 e. The number of anilines is 1. The highest BCUT2D eigenvalue weighted by Gasteiger charge is 2.28. The zero-order valence-corrected chi connectivity index (χ0v) is 21.7. The van der Waals surface area contributed by atoms with Crippen LogP contribution in [-0.4, -0.2) is 28.4 Å². The number of hydrogen-bond donors (Lipinski definition) is 1. The zero-order chi connectivity index (χ0) is 25.7. The minimum atomic E-state index is -0.0897. The van der Waals surface area contributed by atoms with E-state index < -0.39 is 0 Å². The second kappa shape index (κ2) is 11.1. The number of allylic oxidation sites excluding steroid dienone is 1. The molecule has 3 aromatic rings. The van der Waals surface area contributed by atoms with Gasteiger partial charge in [0.2, 0.25) is 0 Å². The summed E-state index contributed by atoms with van der Waals surface area (Å²) in [5.41, 5.74) is 8.88. The van der Waals surface area contributed by atoms with Gasteiger partial charge in [0.1, 0.15) is 23.0 Å². The minimum absolute atomic E-state index is 0.0897.